The Kier molecular flexibility index (Phi) is 4.56. The Balaban J connectivity index is 1.93. The maximum absolute atomic E-state index is 13.9. The van der Waals surface area contributed by atoms with E-state index in [1.165, 1.54) is 0 Å². The highest BCUT2D eigenvalue weighted by Gasteiger charge is 2.15. The monoisotopic (exact) mass is 312 g/mol. The van der Waals surface area contributed by atoms with Crippen LogP contribution in [0.3, 0.4) is 0 Å². The second kappa shape index (κ2) is 6.17. The van der Waals surface area contributed by atoms with Crippen molar-refractivity contribution in [2.24, 2.45) is 5.92 Å². The number of benzene rings is 1. The van der Waals surface area contributed by atoms with E-state index in [1.807, 2.05) is 6.07 Å². The van der Waals surface area contributed by atoms with Gasteiger partial charge in [-0.15, -0.1) is 0 Å². The third-order valence-corrected chi connectivity index (χ3v) is 3.87. The van der Waals surface area contributed by atoms with Crippen molar-refractivity contribution < 1.29 is 9.13 Å². The lowest BCUT2D eigenvalue weighted by atomic mass is 10.1. The molecule has 0 amide bonds. The molecular weight excluding hydrogens is 299 g/mol. The van der Waals surface area contributed by atoms with Crippen molar-refractivity contribution in [3.8, 4) is 6.07 Å². The van der Waals surface area contributed by atoms with Crippen LogP contribution >= 0.6 is 15.9 Å². The third-order valence-electron chi connectivity index (χ3n) is 3.09. The number of rotatable bonds is 4. The van der Waals surface area contributed by atoms with Crippen LogP contribution in [0.2, 0.25) is 0 Å². The van der Waals surface area contributed by atoms with E-state index in [0.717, 1.165) is 26.1 Å². The summed E-state index contributed by atoms with van der Waals surface area (Å²) >= 11 is 3.09. The van der Waals surface area contributed by atoms with E-state index in [-0.39, 0.29) is 4.47 Å². The van der Waals surface area contributed by atoms with Gasteiger partial charge in [0.25, 0.3) is 0 Å². The number of nitriles is 1. The standard InChI is InChI=1S/C13H14BrFN2O/c14-12-10(7-16)1-2-11(13(12)15)17-5-3-9-4-6-18-8-9/h1-2,9,17H,3-6,8H2. The summed E-state index contributed by atoms with van der Waals surface area (Å²) in [6.45, 7) is 2.35. The van der Waals surface area contributed by atoms with Crippen LogP contribution in [0.1, 0.15) is 18.4 Å². The smallest absolute Gasteiger partial charge is 0.161 e. The number of ether oxygens (including phenoxy) is 1. The normalized spacial score (nSPS) is 18.6. The molecule has 0 bridgehead atoms. The second-order valence-electron chi connectivity index (χ2n) is 4.35. The Morgan fingerprint density at radius 2 is 2.39 bits per heavy atom. The van der Waals surface area contributed by atoms with E-state index in [4.69, 9.17) is 10.00 Å². The molecule has 0 spiro atoms. The zero-order chi connectivity index (χ0) is 13.0. The summed E-state index contributed by atoms with van der Waals surface area (Å²) in [7, 11) is 0. The highest BCUT2D eigenvalue weighted by molar-refractivity contribution is 9.10. The second-order valence-corrected chi connectivity index (χ2v) is 5.14. The molecule has 1 aliphatic heterocycles. The molecule has 18 heavy (non-hydrogen) atoms. The van der Waals surface area contributed by atoms with Crippen molar-refractivity contribution in [3.05, 3.63) is 28.0 Å². The van der Waals surface area contributed by atoms with Gasteiger partial charge < -0.3 is 10.1 Å². The highest BCUT2D eigenvalue weighted by atomic mass is 79.9. The average Bonchev–Trinajstić information content (AvgIpc) is 2.88. The van der Waals surface area contributed by atoms with Crippen molar-refractivity contribution in [2.45, 2.75) is 12.8 Å². The van der Waals surface area contributed by atoms with E-state index in [9.17, 15) is 4.39 Å². The Hall–Kier alpha value is -1.12. The minimum absolute atomic E-state index is 0.221. The van der Waals surface area contributed by atoms with Crippen molar-refractivity contribution in [1.29, 1.82) is 5.26 Å². The van der Waals surface area contributed by atoms with E-state index in [2.05, 4.69) is 21.2 Å². The molecule has 1 N–H and O–H groups in total. The Bertz CT molecular complexity index is 467. The van der Waals surface area contributed by atoms with Crippen LogP contribution in [0.25, 0.3) is 0 Å². The van der Waals surface area contributed by atoms with Crippen LogP contribution in [0.5, 0.6) is 0 Å². The molecule has 0 radical (unpaired) electrons. The lowest BCUT2D eigenvalue weighted by molar-refractivity contribution is 0.185. The molecule has 1 aliphatic rings. The third kappa shape index (κ3) is 3.01. The van der Waals surface area contributed by atoms with Gasteiger partial charge in [-0.05, 0) is 46.8 Å². The average molecular weight is 313 g/mol. The first-order chi connectivity index (χ1) is 8.72. The van der Waals surface area contributed by atoms with Crippen LogP contribution in [0.15, 0.2) is 16.6 Å². The Morgan fingerprint density at radius 1 is 1.56 bits per heavy atom. The zero-order valence-electron chi connectivity index (χ0n) is 9.88. The predicted molar refractivity (Wildman–Crippen MR) is 70.8 cm³/mol. The molecule has 1 heterocycles. The molecule has 96 valence electrons. The van der Waals surface area contributed by atoms with Gasteiger partial charge in [-0.25, -0.2) is 4.39 Å². The van der Waals surface area contributed by atoms with Gasteiger partial charge in [-0.3, -0.25) is 0 Å². The van der Waals surface area contributed by atoms with E-state index in [0.29, 0.717) is 23.7 Å². The molecule has 2 rings (SSSR count). The summed E-state index contributed by atoms with van der Waals surface area (Å²) in [5.74, 6) is 0.166. The van der Waals surface area contributed by atoms with E-state index >= 15 is 0 Å². The number of halogens is 2. The van der Waals surface area contributed by atoms with Gasteiger partial charge in [-0.1, -0.05) is 0 Å². The van der Waals surface area contributed by atoms with Gasteiger partial charge >= 0.3 is 0 Å². The lowest BCUT2D eigenvalue weighted by Gasteiger charge is -2.11. The molecule has 5 heteroatoms. The molecule has 0 saturated carbocycles. The van der Waals surface area contributed by atoms with Crippen molar-refractivity contribution in [1.82, 2.24) is 0 Å². The molecule has 1 fully saturated rings. The van der Waals surface area contributed by atoms with Gasteiger partial charge in [0, 0.05) is 19.8 Å². The fraction of sp³-hybridized carbons (Fsp3) is 0.462. The molecule has 3 nitrogen and oxygen atoms in total. The summed E-state index contributed by atoms with van der Waals surface area (Å²) in [6, 6.07) is 5.14. The molecule has 1 aromatic rings. The summed E-state index contributed by atoms with van der Waals surface area (Å²) in [5, 5.41) is 11.8. The van der Waals surface area contributed by atoms with Crippen molar-refractivity contribution in [3.63, 3.8) is 0 Å². The summed E-state index contributed by atoms with van der Waals surface area (Å²) in [6.07, 6.45) is 2.05. The van der Waals surface area contributed by atoms with Crippen LogP contribution < -0.4 is 5.32 Å². The quantitative estimate of drug-likeness (QED) is 0.927. The molecular formula is C13H14BrFN2O. The van der Waals surface area contributed by atoms with Gasteiger partial charge in [0.15, 0.2) is 5.82 Å². The Labute approximate surface area is 114 Å². The first-order valence-electron chi connectivity index (χ1n) is 5.92. The van der Waals surface area contributed by atoms with Gasteiger partial charge in [0.05, 0.1) is 15.7 Å². The molecule has 1 unspecified atom stereocenters. The van der Waals surface area contributed by atoms with Gasteiger partial charge in [0.2, 0.25) is 0 Å². The molecule has 1 aromatic carbocycles. The highest BCUT2D eigenvalue weighted by Crippen LogP contribution is 2.26. The SMILES string of the molecule is N#Cc1ccc(NCCC2CCOC2)c(F)c1Br. The Morgan fingerprint density at radius 3 is 3.06 bits per heavy atom. The number of hydrogen-bond donors (Lipinski definition) is 1. The van der Waals surface area contributed by atoms with E-state index < -0.39 is 5.82 Å². The minimum atomic E-state index is -0.406. The number of anilines is 1. The topological polar surface area (TPSA) is 45.0 Å². The minimum Gasteiger partial charge on any atom is -0.383 e. The fourth-order valence-corrected chi connectivity index (χ4v) is 2.43. The number of nitrogens with one attached hydrogen (secondary N) is 1. The summed E-state index contributed by atoms with van der Waals surface area (Å²) in [4.78, 5) is 0. The van der Waals surface area contributed by atoms with Crippen LogP contribution in [0, 0.1) is 23.1 Å². The largest absolute Gasteiger partial charge is 0.383 e. The predicted octanol–water partition coefficient (Wildman–Crippen LogP) is 3.30. The zero-order valence-corrected chi connectivity index (χ0v) is 11.5. The maximum Gasteiger partial charge on any atom is 0.161 e. The fourth-order valence-electron chi connectivity index (χ4n) is 1.99. The maximum atomic E-state index is 13.9. The van der Waals surface area contributed by atoms with Crippen molar-refractivity contribution in [2.75, 3.05) is 25.1 Å². The van der Waals surface area contributed by atoms with Crippen molar-refractivity contribution >= 4 is 21.6 Å². The lowest BCUT2D eigenvalue weighted by Crippen LogP contribution is -2.10. The summed E-state index contributed by atoms with van der Waals surface area (Å²) in [5.41, 5.74) is 0.738. The first-order valence-corrected chi connectivity index (χ1v) is 6.71. The van der Waals surface area contributed by atoms with Crippen LogP contribution in [0.4, 0.5) is 10.1 Å². The van der Waals surface area contributed by atoms with Crippen LogP contribution in [-0.2, 0) is 4.74 Å². The number of nitrogens with zero attached hydrogens (tertiary/aromatic N) is 1. The first kappa shape index (κ1) is 13.3. The number of hydrogen-bond acceptors (Lipinski definition) is 3. The summed E-state index contributed by atoms with van der Waals surface area (Å²) < 4.78 is 19.4. The molecule has 0 aliphatic carbocycles. The van der Waals surface area contributed by atoms with Crippen LogP contribution in [-0.4, -0.2) is 19.8 Å². The van der Waals surface area contributed by atoms with Gasteiger partial charge in [-0.2, -0.15) is 5.26 Å². The van der Waals surface area contributed by atoms with Gasteiger partial charge in [0.1, 0.15) is 6.07 Å². The molecule has 0 aromatic heterocycles. The molecule has 1 atom stereocenters. The van der Waals surface area contributed by atoms with E-state index in [1.54, 1.807) is 12.1 Å². The molecule has 1 saturated heterocycles.